The van der Waals surface area contributed by atoms with Crippen LogP contribution in [0.1, 0.15) is 0 Å². The Hall–Kier alpha value is -1.86. The Balaban J connectivity index is 1.50. The van der Waals surface area contributed by atoms with Crippen LogP contribution in [0.5, 0.6) is 0 Å². The van der Waals surface area contributed by atoms with Gasteiger partial charge in [0.05, 0.1) is 19.8 Å². The molecule has 0 aliphatic carbocycles. The van der Waals surface area contributed by atoms with Crippen LogP contribution >= 0.6 is 0 Å². The van der Waals surface area contributed by atoms with Gasteiger partial charge in [-0.15, -0.1) is 0 Å². The lowest BCUT2D eigenvalue weighted by Gasteiger charge is -2.48. The minimum Gasteiger partial charge on any atom is -0.479 e. The summed E-state index contributed by atoms with van der Waals surface area (Å²) in [6.45, 7) is -1.98. The average molecular weight is 738 g/mol. The van der Waals surface area contributed by atoms with Gasteiger partial charge in [-0.2, -0.15) is 0 Å². The zero-order valence-electron chi connectivity index (χ0n) is 25.8. The second kappa shape index (κ2) is 17.3. The minimum atomic E-state index is -2.25. The normalized spacial score (nSPS) is 48.6. The zero-order chi connectivity index (χ0) is 37.2. The molecule has 0 aromatic rings. The van der Waals surface area contributed by atoms with Gasteiger partial charge in [0.2, 0.25) is 0 Å². The van der Waals surface area contributed by atoms with Crippen molar-refractivity contribution in [3.8, 4) is 0 Å². The first-order valence-electron chi connectivity index (χ1n) is 15.3. The van der Waals surface area contributed by atoms with E-state index in [9.17, 15) is 76.0 Å². The highest BCUT2D eigenvalue weighted by Crippen LogP contribution is 2.34. The quantitative estimate of drug-likeness (QED) is 0.0834. The summed E-state index contributed by atoms with van der Waals surface area (Å²) >= 11 is 0. The highest BCUT2D eigenvalue weighted by Gasteiger charge is 2.56. The van der Waals surface area contributed by atoms with E-state index in [0.717, 1.165) is 0 Å². The second-order valence-corrected chi connectivity index (χ2v) is 11.9. The average Bonchev–Trinajstić information content (AvgIpc) is 3.08. The van der Waals surface area contributed by atoms with Crippen molar-refractivity contribution in [2.45, 2.75) is 123 Å². The molecule has 50 heavy (non-hydrogen) atoms. The summed E-state index contributed by atoms with van der Waals surface area (Å²) in [5.74, 6) is -3.57. The smallest absolute Gasteiger partial charge is 0.335 e. The number of carboxylic acids is 2. The molecule has 19 unspecified atom stereocenters. The molecule has 0 spiro atoms. The summed E-state index contributed by atoms with van der Waals surface area (Å²) in [7, 11) is 0. The first-order chi connectivity index (χ1) is 23.6. The van der Waals surface area contributed by atoms with Crippen molar-refractivity contribution >= 4 is 11.9 Å². The molecule has 0 aromatic carbocycles. The van der Waals surface area contributed by atoms with Gasteiger partial charge < -0.3 is 110 Å². The number of carbonyl (C=O) groups is 2. The summed E-state index contributed by atoms with van der Waals surface area (Å²) in [6.07, 6.45) is -39.7. The largest absolute Gasteiger partial charge is 0.479 e. The highest BCUT2D eigenvalue weighted by atomic mass is 16.8. The molecule has 0 radical (unpaired) electrons. The van der Waals surface area contributed by atoms with Crippen LogP contribution in [0.4, 0.5) is 0 Å². The first-order valence-corrected chi connectivity index (χ1v) is 15.3. The van der Waals surface area contributed by atoms with E-state index in [1.54, 1.807) is 0 Å². The number of nitrogens with two attached hydrogens (primary N) is 1. The number of ether oxygens (including phenoxy) is 8. The van der Waals surface area contributed by atoms with Crippen molar-refractivity contribution in [2.24, 2.45) is 5.73 Å². The fourth-order valence-electron chi connectivity index (χ4n) is 5.82. The maximum atomic E-state index is 12.0. The molecule has 4 heterocycles. The summed E-state index contributed by atoms with van der Waals surface area (Å²) in [5.41, 5.74) is 5.36. The molecule has 20 atom stereocenters. The Kier molecular flexibility index (Phi) is 14.2. The van der Waals surface area contributed by atoms with E-state index in [2.05, 4.69) is 0 Å². The van der Waals surface area contributed by atoms with Gasteiger partial charge in [0, 0.05) is 6.54 Å². The maximum Gasteiger partial charge on any atom is 0.335 e. The standard InChI is InChI=1S/C26H43NO23/c27-1-2-43-23-12(35)9(32)16(5(3-28)44-23)47-26-15(38)18(14(37)20(50-26)22(41)42)48-24-13(36)10(33)17(6(4-29)45-24)46-25-11(34)7(30)8(31)19(49-25)21(39)40/h5-20,23-26,28-38H,1-4,27H2,(H,39,40)(H,41,42)/t5?,6?,7?,8?,9?,10?,11?,12?,13?,14?,15?,16?,17?,18?,19?,20?,23?,24?,25?,26-/m1/s1. The van der Waals surface area contributed by atoms with Crippen LogP contribution < -0.4 is 5.73 Å². The lowest BCUT2D eigenvalue weighted by molar-refractivity contribution is -0.385. The Labute approximate surface area is 281 Å². The number of rotatable bonds is 13. The van der Waals surface area contributed by atoms with Gasteiger partial charge in [0.15, 0.2) is 37.4 Å². The molecule has 4 fully saturated rings. The number of aliphatic hydroxyl groups excluding tert-OH is 11. The monoisotopic (exact) mass is 737 g/mol. The van der Waals surface area contributed by atoms with E-state index in [-0.39, 0.29) is 13.2 Å². The molecule has 4 aliphatic heterocycles. The Morgan fingerprint density at radius 3 is 1.38 bits per heavy atom. The maximum absolute atomic E-state index is 12.0. The fraction of sp³-hybridized carbons (Fsp3) is 0.923. The molecule has 24 heteroatoms. The van der Waals surface area contributed by atoms with Crippen LogP contribution in [0.15, 0.2) is 0 Å². The molecule has 0 bridgehead atoms. The van der Waals surface area contributed by atoms with Crippen LogP contribution in [-0.4, -0.2) is 228 Å². The Bertz CT molecular complexity index is 1120. The Morgan fingerprint density at radius 1 is 0.500 bits per heavy atom. The van der Waals surface area contributed by atoms with Gasteiger partial charge in [-0.1, -0.05) is 0 Å². The third-order valence-electron chi connectivity index (χ3n) is 8.51. The molecule has 4 saturated heterocycles. The van der Waals surface area contributed by atoms with Gasteiger partial charge in [-0.05, 0) is 0 Å². The number of carboxylic acid groups (broad SMARTS) is 2. The van der Waals surface area contributed by atoms with Crippen LogP contribution in [0.2, 0.25) is 0 Å². The van der Waals surface area contributed by atoms with Gasteiger partial charge in [0.25, 0.3) is 0 Å². The second-order valence-electron chi connectivity index (χ2n) is 11.9. The van der Waals surface area contributed by atoms with Crippen molar-refractivity contribution in [1.29, 1.82) is 0 Å². The van der Waals surface area contributed by atoms with E-state index in [0.29, 0.717) is 0 Å². The number of aliphatic carboxylic acids is 2. The predicted octanol–water partition coefficient (Wildman–Crippen LogP) is -9.58. The van der Waals surface area contributed by atoms with Crippen LogP contribution in [0.3, 0.4) is 0 Å². The SMILES string of the molecule is NCCOC1OC(CO)C(O[C@@H]2OC(C(=O)O)C(O)C(OC3OC(CO)C(OC4OC(C(=O)O)C(O)C(O)C4O)C(O)C3O)C2O)C(O)C1O. The number of aliphatic hydroxyl groups is 11. The van der Waals surface area contributed by atoms with Gasteiger partial charge in [0.1, 0.15) is 85.5 Å². The molecule has 15 N–H and O–H groups in total. The van der Waals surface area contributed by atoms with E-state index in [1.165, 1.54) is 0 Å². The van der Waals surface area contributed by atoms with Gasteiger partial charge >= 0.3 is 11.9 Å². The summed E-state index contributed by atoms with van der Waals surface area (Å²) < 4.78 is 42.7. The van der Waals surface area contributed by atoms with Gasteiger partial charge in [-0.25, -0.2) is 9.59 Å². The zero-order valence-corrected chi connectivity index (χ0v) is 25.8. The predicted molar refractivity (Wildman–Crippen MR) is 148 cm³/mol. The van der Waals surface area contributed by atoms with Crippen molar-refractivity contribution in [1.82, 2.24) is 0 Å². The Morgan fingerprint density at radius 2 is 0.900 bits per heavy atom. The van der Waals surface area contributed by atoms with Crippen LogP contribution in [-0.2, 0) is 47.5 Å². The molecule has 0 saturated carbocycles. The number of hydrogen-bond donors (Lipinski definition) is 14. The molecule has 0 aromatic heterocycles. The van der Waals surface area contributed by atoms with Crippen LogP contribution in [0, 0.1) is 0 Å². The van der Waals surface area contributed by atoms with E-state index < -0.39 is 148 Å². The van der Waals surface area contributed by atoms with Crippen molar-refractivity contribution < 1.29 is 114 Å². The number of hydrogen-bond acceptors (Lipinski definition) is 22. The molecular weight excluding hydrogens is 694 g/mol. The summed E-state index contributed by atoms with van der Waals surface area (Å²) in [4.78, 5) is 23.4. The lowest BCUT2D eigenvalue weighted by atomic mass is 9.95. The lowest BCUT2D eigenvalue weighted by Crippen LogP contribution is -2.68. The molecule has 4 rings (SSSR count). The van der Waals surface area contributed by atoms with Crippen molar-refractivity contribution in [3.63, 3.8) is 0 Å². The highest BCUT2D eigenvalue weighted by molar-refractivity contribution is 5.73. The minimum absolute atomic E-state index is 0.0123. The summed E-state index contributed by atoms with van der Waals surface area (Å²) in [5, 5.41) is 134. The first kappa shape index (κ1) is 40.9. The van der Waals surface area contributed by atoms with E-state index in [1.807, 2.05) is 0 Å². The third-order valence-corrected chi connectivity index (χ3v) is 8.51. The molecule has 0 amide bonds. The molecular formula is C26H43NO23. The van der Waals surface area contributed by atoms with E-state index in [4.69, 9.17) is 43.6 Å². The molecule has 290 valence electrons. The van der Waals surface area contributed by atoms with Crippen LogP contribution in [0.25, 0.3) is 0 Å². The molecule has 24 nitrogen and oxygen atoms in total. The van der Waals surface area contributed by atoms with E-state index >= 15 is 0 Å². The van der Waals surface area contributed by atoms with Crippen molar-refractivity contribution in [2.75, 3.05) is 26.4 Å². The molecule has 4 aliphatic rings. The fourth-order valence-corrected chi connectivity index (χ4v) is 5.82. The topological polar surface area (TPSA) is 397 Å². The van der Waals surface area contributed by atoms with Gasteiger partial charge in [-0.3, -0.25) is 0 Å². The third kappa shape index (κ3) is 8.35. The summed E-state index contributed by atoms with van der Waals surface area (Å²) in [6, 6.07) is 0. The van der Waals surface area contributed by atoms with Crippen molar-refractivity contribution in [3.05, 3.63) is 0 Å².